The maximum Gasteiger partial charge on any atom is 0.0733 e. The molecule has 22 heavy (non-hydrogen) atoms. The second-order valence-corrected chi connectivity index (χ2v) is 5.32. The fourth-order valence-corrected chi connectivity index (χ4v) is 2.82. The maximum absolute atomic E-state index is 4.53. The molecule has 0 aliphatic rings. The molecule has 3 nitrogen and oxygen atoms in total. The molecule has 4 rings (SSSR count). The van der Waals surface area contributed by atoms with Crippen LogP contribution in [0.2, 0.25) is 0 Å². The molecule has 0 aliphatic heterocycles. The van der Waals surface area contributed by atoms with Crippen molar-refractivity contribution in [2.45, 2.75) is 6.92 Å². The highest BCUT2D eigenvalue weighted by Crippen LogP contribution is 2.30. The Morgan fingerprint density at radius 3 is 2.50 bits per heavy atom. The smallest absolute Gasteiger partial charge is 0.0733 e. The second-order valence-electron chi connectivity index (χ2n) is 5.32. The van der Waals surface area contributed by atoms with Crippen LogP contribution in [0.5, 0.6) is 0 Å². The molecule has 1 aromatic carbocycles. The Bertz CT molecular complexity index is 939. The summed E-state index contributed by atoms with van der Waals surface area (Å²) < 4.78 is 2.00. The van der Waals surface area contributed by atoms with Gasteiger partial charge in [0.2, 0.25) is 0 Å². The van der Waals surface area contributed by atoms with E-state index < -0.39 is 0 Å². The van der Waals surface area contributed by atoms with E-state index in [1.54, 1.807) is 0 Å². The largest absolute Gasteiger partial charge is 0.264 e. The average molecular weight is 285 g/mol. The molecule has 106 valence electrons. The summed E-state index contributed by atoms with van der Waals surface area (Å²) >= 11 is 0. The van der Waals surface area contributed by atoms with Crippen LogP contribution in [-0.2, 0) is 0 Å². The first-order chi connectivity index (χ1) is 10.8. The van der Waals surface area contributed by atoms with E-state index in [4.69, 9.17) is 0 Å². The van der Waals surface area contributed by atoms with Crippen molar-refractivity contribution in [1.82, 2.24) is 14.6 Å². The Balaban J connectivity index is 1.97. The van der Waals surface area contributed by atoms with Gasteiger partial charge in [-0.25, -0.2) is 4.52 Å². The molecule has 0 amide bonds. The molecular weight excluding hydrogens is 270 g/mol. The first-order valence-corrected chi connectivity index (χ1v) is 7.28. The van der Waals surface area contributed by atoms with E-state index in [1.807, 2.05) is 53.4 Å². The number of benzene rings is 1. The summed E-state index contributed by atoms with van der Waals surface area (Å²) in [4.78, 5) is 4.26. The van der Waals surface area contributed by atoms with Crippen molar-refractivity contribution in [1.29, 1.82) is 0 Å². The van der Waals surface area contributed by atoms with Gasteiger partial charge in [0.1, 0.15) is 0 Å². The van der Waals surface area contributed by atoms with Crippen LogP contribution in [0.3, 0.4) is 0 Å². The minimum absolute atomic E-state index is 1.09. The Morgan fingerprint density at radius 1 is 0.818 bits per heavy atom. The number of pyridine rings is 1. The van der Waals surface area contributed by atoms with E-state index in [0.29, 0.717) is 0 Å². The third kappa shape index (κ3) is 1.99. The first-order valence-electron chi connectivity index (χ1n) is 7.28. The van der Waals surface area contributed by atoms with Gasteiger partial charge < -0.3 is 0 Å². The topological polar surface area (TPSA) is 30.2 Å². The standard InChI is InChI=1S/C19H15N3/c1-14-9-11-20-13-17(14)16-10-12-21-22-18(7-8-19(16)22)15-5-3-2-4-6-15/h2-13H,1H3. The third-order valence-electron chi connectivity index (χ3n) is 3.95. The molecule has 0 aliphatic carbocycles. The minimum Gasteiger partial charge on any atom is -0.264 e. The summed E-state index contributed by atoms with van der Waals surface area (Å²) in [7, 11) is 0. The van der Waals surface area contributed by atoms with Gasteiger partial charge in [-0.15, -0.1) is 0 Å². The zero-order valence-corrected chi connectivity index (χ0v) is 12.3. The van der Waals surface area contributed by atoms with Crippen LogP contribution in [-0.4, -0.2) is 14.6 Å². The predicted octanol–water partition coefficient (Wildman–Crippen LogP) is 4.37. The summed E-state index contributed by atoms with van der Waals surface area (Å²) in [6.45, 7) is 2.11. The molecule has 0 radical (unpaired) electrons. The van der Waals surface area contributed by atoms with E-state index in [0.717, 1.165) is 27.9 Å². The van der Waals surface area contributed by atoms with Crippen molar-refractivity contribution < 1.29 is 0 Å². The molecule has 3 aromatic heterocycles. The van der Waals surface area contributed by atoms with Gasteiger partial charge in [0.15, 0.2) is 0 Å². The molecule has 3 heterocycles. The third-order valence-corrected chi connectivity index (χ3v) is 3.95. The highest BCUT2D eigenvalue weighted by molar-refractivity contribution is 5.83. The Morgan fingerprint density at radius 2 is 1.68 bits per heavy atom. The summed E-state index contributed by atoms with van der Waals surface area (Å²) in [5, 5.41) is 4.53. The number of hydrogen-bond donors (Lipinski definition) is 0. The number of nitrogens with zero attached hydrogens (tertiary/aromatic N) is 3. The number of rotatable bonds is 2. The van der Waals surface area contributed by atoms with Crippen molar-refractivity contribution in [3.8, 4) is 22.4 Å². The maximum atomic E-state index is 4.53. The van der Waals surface area contributed by atoms with Crippen molar-refractivity contribution in [2.75, 3.05) is 0 Å². The molecule has 0 unspecified atom stereocenters. The summed E-state index contributed by atoms with van der Waals surface area (Å²) in [5.74, 6) is 0. The van der Waals surface area contributed by atoms with E-state index in [9.17, 15) is 0 Å². The van der Waals surface area contributed by atoms with Gasteiger partial charge in [0.25, 0.3) is 0 Å². The van der Waals surface area contributed by atoms with Gasteiger partial charge in [-0.3, -0.25) is 4.98 Å². The highest BCUT2D eigenvalue weighted by Gasteiger charge is 2.11. The van der Waals surface area contributed by atoms with Crippen molar-refractivity contribution >= 4 is 5.52 Å². The molecule has 4 aromatic rings. The fourth-order valence-electron chi connectivity index (χ4n) is 2.82. The van der Waals surface area contributed by atoms with E-state index in [1.165, 1.54) is 5.56 Å². The molecule has 0 N–H and O–H groups in total. The lowest BCUT2D eigenvalue weighted by atomic mass is 10.0. The lowest BCUT2D eigenvalue weighted by molar-refractivity contribution is 0.949. The van der Waals surface area contributed by atoms with Crippen LogP contribution in [0, 0.1) is 6.92 Å². The Kier molecular flexibility index (Phi) is 2.97. The van der Waals surface area contributed by atoms with Gasteiger partial charge in [-0.1, -0.05) is 30.3 Å². The number of aromatic nitrogens is 3. The van der Waals surface area contributed by atoms with Gasteiger partial charge in [0.05, 0.1) is 11.2 Å². The molecule has 0 saturated heterocycles. The average Bonchev–Trinajstić information content (AvgIpc) is 3.00. The van der Waals surface area contributed by atoms with E-state index in [2.05, 4.69) is 41.3 Å². The monoisotopic (exact) mass is 285 g/mol. The molecule has 0 atom stereocenters. The number of fused-ring (bicyclic) bond motifs is 1. The van der Waals surface area contributed by atoms with Crippen LogP contribution in [0.15, 0.2) is 73.2 Å². The van der Waals surface area contributed by atoms with Gasteiger partial charge in [-0.05, 0) is 36.8 Å². The zero-order valence-electron chi connectivity index (χ0n) is 12.3. The summed E-state index contributed by atoms with van der Waals surface area (Å²) in [6.07, 6.45) is 5.59. The van der Waals surface area contributed by atoms with Crippen molar-refractivity contribution in [3.05, 3.63) is 78.8 Å². The second kappa shape index (κ2) is 5.11. The van der Waals surface area contributed by atoms with Crippen LogP contribution in [0.25, 0.3) is 27.9 Å². The summed E-state index contributed by atoms with van der Waals surface area (Å²) in [5.41, 5.74) is 6.87. The van der Waals surface area contributed by atoms with Gasteiger partial charge in [-0.2, -0.15) is 5.10 Å². The van der Waals surface area contributed by atoms with E-state index >= 15 is 0 Å². The quantitative estimate of drug-likeness (QED) is 0.547. The Labute approximate surface area is 128 Å². The molecule has 0 bridgehead atoms. The molecular formula is C19H15N3. The molecule has 0 fully saturated rings. The predicted molar refractivity (Wildman–Crippen MR) is 88.6 cm³/mol. The first kappa shape index (κ1) is 12.8. The van der Waals surface area contributed by atoms with Crippen LogP contribution in [0.4, 0.5) is 0 Å². The van der Waals surface area contributed by atoms with Gasteiger partial charge in [0, 0.05) is 35.3 Å². The van der Waals surface area contributed by atoms with Crippen LogP contribution < -0.4 is 0 Å². The van der Waals surface area contributed by atoms with Crippen LogP contribution >= 0.6 is 0 Å². The van der Waals surface area contributed by atoms with Crippen molar-refractivity contribution in [3.63, 3.8) is 0 Å². The van der Waals surface area contributed by atoms with Gasteiger partial charge >= 0.3 is 0 Å². The SMILES string of the molecule is Cc1ccncc1-c1ccnn2c(-c3ccccc3)ccc12. The normalized spacial score (nSPS) is 11.0. The summed E-state index contributed by atoms with van der Waals surface area (Å²) in [6, 6.07) is 18.6. The lowest BCUT2D eigenvalue weighted by Crippen LogP contribution is -1.96. The zero-order chi connectivity index (χ0) is 14.9. The van der Waals surface area contributed by atoms with E-state index in [-0.39, 0.29) is 0 Å². The Hall–Kier alpha value is -2.94. The number of aryl methyl sites for hydroxylation is 1. The van der Waals surface area contributed by atoms with Crippen LogP contribution in [0.1, 0.15) is 5.56 Å². The minimum atomic E-state index is 1.09. The lowest BCUT2D eigenvalue weighted by Gasteiger charge is -2.08. The number of hydrogen-bond acceptors (Lipinski definition) is 2. The molecule has 0 saturated carbocycles. The van der Waals surface area contributed by atoms with Crippen molar-refractivity contribution in [2.24, 2.45) is 0 Å². The molecule has 3 heteroatoms. The fraction of sp³-hybridized carbons (Fsp3) is 0.0526. The highest BCUT2D eigenvalue weighted by atomic mass is 15.2. The molecule has 0 spiro atoms.